The quantitative estimate of drug-likeness (QED) is 0.141. The van der Waals surface area contributed by atoms with Gasteiger partial charge in [-0.2, -0.15) is 0 Å². The highest BCUT2D eigenvalue weighted by atomic mass is 35.5. The smallest absolute Gasteiger partial charge is 0.320 e. The van der Waals surface area contributed by atoms with E-state index in [0.717, 1.165) is 0 Å². The lowest BCUT2D eigenvalue weighted by Crippen LogP contribution is -2.53. The first-order chi connectivity index (χ1) is 26.2. The van der Waals surface area contributed by atoms with E-state index in [0.29, 0.717) is 32.8 Å². The molecule has 2 heterocycles. The number of carboxylic acid groups (broad SMARTS) is 4. The van der Waals surface area contributed by atoms with Crippen LogP contribution < -0.4 is 25.4 Å². The average molecular weight is 784 g/mol. The van der Waals surface area contributed by atoms with Crippen molar-refractivity contribution in [2.24, 2.45) is 0 Å². The van der Waals surface area contributed by atoms with E-state index in [1.165, 1.54) is 26.4 Å². The van der Waals surface area contributed by atoms with Crippen LogP contribution in [0.1, 0.15) is 28.8 Å². The van der Waals surface area contributed by atoms with Crippen molar-refractivity contribution in [2.75, 3.05) is 85.6 Å². The lowest BCUT2D eigenvalue weighted by molar-refractivity contribution is -0.308. The van der Waals surface area contributed by atoms with E-state index in [2.05, 4.69) is 5.32 Å². The van der Waals surface area contributed by atoms with E-state index in [1.54, 1.807) is 53.6 Å². The average Bonchev–Trinajstić information content (AvgIpc) is 3.48. The van der Waals surface area contributed by atoms with Crippen LogP contribution in [-0.2, 0) is 30.4 Å². The molecule has 0 saturated carbocycles. The van der Waals surface area contributed by atoms with Crippen molar-refractivity contribution in [1.82, 2.24) is 29.5 Å². The maximum Gasteiger partial charge on any atom is 0.320 e. The van der Waals surface area contributed by atoms with Gasteiger partial charge in [-0.25, -0.2) is 0 Å². The number of aliphatic carboxylic acids is 4. The highest BCUT2D eigenvalue weighted by molar-refractivity contribution is 6.30. The van der Waals surface area contributed by atoms with Crippen molar-refractivity contribution < 1.29 is 53.9 Å². The van der Waals surface area contributed by atoms with Gasteiger partial charge in [0.15, 0.2) is 0 Å². The summed E-state index contributed by atoms with van der Waals surface area (Å²) in [5, 5.41) is 48.5. The number of carbonyl (C=O) groups is 6. The molecule has 1 aromatic heterocycles. The molecule has 0 radical (unpaired) electrons. The number of carboxylic acids is 4. The number of carbonyl (C=O) groups excluding carboxylic acids is 5. The minimum Gasteiger partial charge on any atom is -0.549 e. The summed E-state index contributed by atoms with van der Waals surface area (Å²) in [6.07, 6.45) is 1.88. The first-order valence-corrected chi connectivity index (χ1v) is 18.1. The minimum absolute atomic E-state index is 0.0814. The summed E-state index contributed by atoms with van der Waals surface area (Å²) in [5.74, 6) is -5.34. The SMILES string of the molecule is COc1ccc2c(c1)c(CC(=O)NCCCC(C(=O)O)N1CCN(CC(=O)[O-])CCN(CC(=O)[O-])CCN(CC(=O)[O-])CC1)cn2C(=O)c1ccc(Cl)cc1. The standard InChI is InChI=1S/C37H47ClN6O11/c1-55-28-8-9-30-29(20-28)26(21-44(30)36(52)25-4-6-27(38)7-5-25)19-32(45)39-10-2-3-31(37(53)54)43-17-15-41(23-34(48)49)13-11-40(22-33(46)47)12-14-42(16-18-43)24-35(50)51/h4-9,20-21,31H,2-3,10-19,22-24H2,1H3,(H,39,45)(H,46,47)(H,48,49)(H,50,51)(H,53,54)/p-3. The lowest BCUT2D eigenvalue weighted by Gasteiger charge is -2.36. The second-order valence-corrected chi connectivity index (χ2v) is 13.7. The predicted molar refractivity (Wildman–Crippen MR) is 193 cm³/mol. The summed E-state index contributed by atoms with van der Waals surface area (Å²) in [5.41, 5.74) is 1.54. The van der Waals surface area contributed by atoms with Crippen molar-refractivity contribution in [3.63, 3.8) is 0 Å². The van der Waals surface area contributed by atoms with Crippen LogP contribution in [0.15, 0.2) is 48.7 Å². The molecule has 1 fully saturated rings. The zero-order valence-electron chi connectivity index (χ0n) is 30.4. The summed E-state index contributed by atoms with van der Waals surface area (Å²) >= 11 is 6.00. The number of rotatable bonds is 16. The van der Waals surface area contributed by atoms with Crippen molar-refractivity contribution in [2.45, 2.75) is 25.3 Å². The fraction of sp³-hybridized carbons (Fsp3) is 0.459. The van der Waals surface area contributed by atoms with Crippen molar-refractivity contribution in [1.29, 1.82) is 0 Å². The third-order valence-corrected chi connectivity index (χ3v) is 9.64. The van der Waals surface area contributed by atoms with Crippen LogP contribution in [0, 0.1) is 0 Å². The highest BCUT2D eigenvalue weighted by Gasteiger charge is 2.27. The second-order valence-electron chi connectivity index (χ2n) is 13.2. The van der Waals surface area contributed by atoms with Crippen LogP contribution in [-0.4, -0.2) is 157 Å². The molecule has 1 saturated heterocycles. The van der Waals surface area contributed by atoms with Crippen molar-refractivity contribution in [3.8, 4) is 5.75 Å². The first kappa shape index (κ1) is 42.7. The number of methoxy groups -OCH3 is 1. The van der Waals surface area contributed by atoms with E-state index in [1.807, 2.05) is 0 Å². The van der Waals surface area contributed by atoms with E-state index in [9.17, 15) is 49.2 Å². The van der Waals surface area contributed by atoms with Crippen LogP contribution in [0.5, 0.6) is 5.75 Å². The Labute approximate surface area is 322 Å². The number of benzene rings is 2. The van der Waals surface area contributed by atoms with Gasteiger partial charge in [0.05, 0.1) is 37.0 Å². The predicted octanol–water partition coefficient (Wildman–Crippen LogP) is -2.64. The first-order valence-electron chi connectivity index (χ1n) is 17.7. The Morgan fingerprint density at radius 3 is 1.82 bits per heavy atom. The Morgan fingerprint density at radius 2 is 1.33 bits per heavy atom. The maximum atomic E-state index is 13.4. The molecule has 0 spiro atoms. The van der Waals surface area contributed by atoms with Crippen LogP contribution in [0.25, 0.3) is 10.9 Å². The number of amides is 1. The van der Waals surface area contributed by atoms with Gasteiger partial charge in [0.2, 0.25) is 5.91 Å². The molecule has 1 aliphatic heterocycles. The van der Waals surface area contributed by atoms with Gasteiger partial charge in [-0.05, 0) is 60.9 Å². The molecule has 4 rings (SSSR count). The van der Waals surface area contributed by atoms with Crippen LogP contribution >= 0.6 is 11.6 Å². The molecule has 1 aliphatic rings. The Morgan fingerprint density at radius 1 is 0.800 bits per heavy atom. The Kier molecular flexibility index (Phi) is 16.0. The molecule has 2 aromatic carbocycles. The fourth-order valence-electron chi connectivity index (χ4n) is 6.55. The summed E-state index contributed by atoms with van der Waals surface area (Å²) in [6.45, 7) is -0.321. The summed E-state index contributed by atoms with van der Waals surface area (Å²) < 4.78 is 6.83. The third kappa shape index (κ3) is 13.0. The lowest BCUT2D eigenvalue weighted by atomic mass is 10.1. The van der Waals surface area contributed by atoms with Gasteiger partial charge < -0.3 is 44.9 Å². The largest absolute Gasteiger partial charge is 0.549 e. The normalized spacial score (nSPS) is 16.1. The number of hydrogen-bond acceptors (Lipinski definition) is 14. The van der Waals surface area contributed by atoms with Crippen molar-refractivity contribution in [3.05, 3.63) is 64.8 Å². The van der Waals surface area contributed by atoms with Gasteiger partial charge in [0.1, 0.15) is 11.8 Å². The Balaban J connectivity index is 1.43. The summed E-state index contributed by atoms with van der Waals surface area (Å²) in [7, 11) is 1.51. The van der Waals surface area contributed by atoms with Crippen LogP contribution in [0.3, 0.4) is 0 Å². The van der Waals surface area contributed by atoms with Gasteiger partial charge >= 0.3 is 5.97 Å². The van der Waals surface area contributed by atoms with E-state index < -0.39 is 49.6 Å². The molecule has 17 nitrogen and oxygen atoms in total. The molecule has 1 atom stereocenters. The minimum atomic E-state index is -1.35. The maximum absolute atomic E-state index is 13.4. The second kappa shape index (κ2) is 20.6. The molecule has 2 N–H and O–H groups in total. The number of ether oxygens (including phenoxy) is 1. The van der Waals surface area contributed by atoms with E-state index >= 15 is 0 Å². The molecule has 55 heavy (non-hydrogen) atoms. The molecule has 0 aliphatic carbocycles. The molecule has 298 valence electrons. The third-order valence-electron chi connectivity index (χ3n) is 9.39. The molecule has 3 aromatic rings. The topological polar surface area (TPSA) is 231 Å². The fourth-order valence-corrected chi connectivity index (χ4v) is 6.68. The zero-order valence-corrected chi connectivity index (χ0v) is 31.2. The van der Waals surface area contributed by atoms with Gasteiger partial charge in [-0.3, -0.25) is 38.6 Å². The van der Waals surface area contributed by atoms with Gasteiger partial charge in [0.25, 0.3) is 5.91 Å². The van der Waals surface area contributed by atoms with Crippen molar-refractivity contribution >= 4 is 58.2 Å². The van der Waals surface area contributed by atoms with E-state index in [4.69, 9.17) is 16.3 Å². The number of fused-ring (bicyclic) bond motifs is 1. The molecular weight excluding hydrogens is 740 g/mol. The summed E-state index contributed by atoms with van der Waals surface area (Å²) in [4.78, 5) is 79.7. The highest BCUT2D eigenvalue weighted by Crippen LogP contribution is 2.27. The number of hydrogen-bond donors (Lipinski definition) is 2. The molecule has 1 amide bonds. The Hall–Kier alpha value is -5.07. The van der Waals surface area contributed by atoms with Gasteiger partial charge in [0, 0.05) is 101 Å². The Bertz CT molecular complexity index is 1800. The van der Waals surface area contributed by atoms with Crippen LogP contribution in [0.4, 0.5) is 0 Å². The monoisotopic (exact) mass is 783 g/mol. The molecule has 18 heteroatoms. The number of nitrogens with zero attached hydrogens (tertiary/aromatic N) is 5. The van der Waals surface area contributed by atoms with E-state index in [-0.39, 0.29) is 90.0 Å². The zero-order chi connectivity index (χ0) is 40.1. The van der Waals surface area contributed by atoms with Crippen LogP contribution in [0.2, 0.25) is 5.02 Å². The number of halogens is 1. The molecular formula is C37H44ClN6O11-3. The number of aromatic nitrogens is 1. The number of nitrogens with one attached hydrogen (secondary N) is 1. The molecule has 1 unspecified atom stereocenters. The van der Waals surface area contributed by atoms with Gasteiger partial charge in [-0.1, -0.05) is 11.6 Å². The summed E-state index contributed by atoms with van der Waals surface area (Å²) in [6, 6.07) is 10.6. The van der Waals surface area contributed by atoms with Gasteiger partial charge in [-0.15, -0.1) is 0 Å². The molecule has 0 bridgehead atoms.